The fourth-order valence-corrected chi connectivity index (χ4v) is 3.27. The number of carbonyl (C=O) groups excluding carboxylic acids is 1. The van der Waals surface area contributed by atoms with Gasteiger partial charge < -0.3 is 4.90 Å². The number of hydrogen-bond donors (Lipinski definition) is 0. The molecule has 0 saturated heterocycles. The molecule has 1 heterocycles. The van der Waals surface area contributed by atoms with E-state index < -0.39 is 5.38 Å². The average Bonchev–Trinajstić information content (AvgIpc) is 2.99. The second-order valence-corrected chi connectivity index (χ2v) is 8.41. The van der Waals surface area contributed by atoms with Gasteiger partial charge in [0, 0.05) is 12.1 Å². The third-order valence-electron chi connectivity index (χ3n) is 3.58. The summed E-state index contributed by atoms with van der Waals surface area (Å²) in [6.45, 7) is 8.41. The molecular weight excluding hydrogens is 342 g/mol. The number of rotatable bonds is 6. The largest absolute Gasteiger partial charge is 0.304 e. The molecule has 130 valence electrons. The Kier molecular flexibility index (Phi) is 6.35. The van der Waals surface area contributed by atoms with Crippen LogP contribution in [0.2, 0.25) is 0 Å². The van der Waals surface area contributed by atoms with Crippen molar-refractivity contribution in [2.24, 2.45) is 5.41 Å². The lowest BCUT2D eigenvalue weighted by Crippen LogP contribution is -2.42. The molecule has 1 amide bonds. The van der Waals surface area contributed by atoms with Crippen molar-refractivity contribution in [3.05, 3.63) is 40.3 Å². The maximum Gasteiger partial charge on any atom is 0.245 e. The van der Waals surface area contributed by atoms with Gasteiger partial charge in [-0.15, -0.1) is 21.8 Å². The first-order chi connectivity index (χ1) is 11.3. The van der Waals surface area contributed by atoms with Crippen LogP contribution in [0.25, 0.3) is 0 Å². The zero-order chi connectivity index (χ0) is 17.7. The molecule has 2 rings (SSSR count). The van der Waals surface area contributed by atoms with Gasteiger partial charge in [0.25, 0.3) is 0 Å². The number of aryl methyl sites for hydroxylation is 1. The molecule has 1 unspecified atom stereocenters. The van der Waals surface area contributed by atoms with E-state index in [0.29, 0.717) is 6.54 Å². The summed E-state index contributed by atoms with van der Waals surface area (Å²) in [6.07, 6.45) is 1.95. The van der Waals surface area contributed by atoms with Crippen LogP contribution in [0.3, 0.4) is 0 Å². The van der Waals surface area contributed by atoms with Crippen LogP contribution in [0.4, 0.5) is 5.69 Å². The summed E-state index contributed by atoms with van der Waals surface area (Å²) in [5.41, 5.74) is 0.504. The Bertz CT molecular complexity index is 666. The van der Waals surface area contributed by atoms with E-state index in [0.717, 1.165) is 28.5 Å². The minimum atomic E-state index is -0.610. The fraction of sp³-hybridized carbons (Fsp3) is 0.500. The average molecular weight is 366 g/mol. The van der Waals surface area contributed by atoms with Crippen molar-refractivity contribution in [1.29, 1.82) is 0 Å². The van der Waals surface area contributed by atoms with Crippen LogP contribution < -0.4 is 4.90 Å². The Labute approximate surface area is 152 Å². The Morgan fingerprint density at radius 2 is 1.83 bits per heavy atom. The van der Waals surface area contributed by atoms with E-state index in [9.17, 15) is 4.79 Å². The minimum absolute atomic E-state index is 0.109. The molecular formula is C18H24ClN3OS. The molecule has 0 N–H and O–H groups in total. The van der Waals surface area contributed by atoms with Crippen LogP contribution in [0, 0.1) is 5.41 Å². The summed E-state index contributed by atoms with van der Waals surface area (Å²) in [5.74, 6) is -0.109. The van der Waals surface area contributed by atoms with Crippen molar-refractivity contribution in [1.82, 2.24) is 10.2 Å². The number of hydrogen-bond acceptors (Lipinski definition) is 4. The van der Waals surface area contributed by atoms with E-state index in [1.807, 2.05) is 51.1 Å². The van der Waals surface area contributed by atoms with Gasteiger partial charge in [0.15, 0.2) is 0 Å². The fourth-order valence-electron chi connectivity index (χ4n) is 2.21. The number of para-hydroxylation sites is 1. The van der Waals surface area contributed by atoms with Crippen molar-refractivity contribution in [2.45, 2.75) is 52.5 Å². The lowest BCUT2D eigenvalue weighted by molar-refractivity contribution is -0.120. The minimum Gasteiger partial charge on any atom is -0.304 e. The van der Waals surface area contributed by atoms with Crippen molar-refractivity contribution in [3.63, 3.8) is 0 Å². The molecule has 2 aromatic rings. The van der Waals surface area contributed by atoms with Crippen molar-refractivity contribution in [2.75, 3.05) is 4.90 Å². The van der Waals surface area contributed by atoms with Gasteiger partial charge in [-0.1, -0.05) is 57.2 Å². The van der Waals surface area contributed by atoms with Gasteiger partial charge in [0.2, 0.25) is 5.91 Å². The first-order valence-corrected chi connectivity index (χ1v) is 9.40. The van der Waals surface area contributed by atoms with E-state index in [1.165, 1.54) is 0 Å². The maximum atomic E-state index is 13.0. The number of aromatic nitrogens is 2. The van der Waals surface area contributed by atoms with Gasteiger partial charge in [-0.05, 0) is 24.0 Å². The van der Waals surface area contributed by atoms with Crippen LogP contribution in [-0.4, -0.2) is 21.5 Å². The van der Waals surface area contributed by atoms with Gasteiger partial charge in [-0.3, -0.25) is 4.79 Å². The van der Waals surface area contributed by atoms with Crippen molar-refractivity contribution in [3.8, 4) is 0 Å². The molecule has 0 radical (unpaired) electrons. The Balaban J connectivity index is 2.28. The molecule has 6 heteroatoms. The number of halogens is 1. The van der Waals surface area contributed by atoms with E-state index in [2.05, 4.69) is 17.1 Å². The lowest BCUT2D eigenvalue weighted by atomic mass is 9.91. The third kappa shape index (κ3) is 4.77. The van der Waals surface area contributed by atoms with E-state index in [-0.39, 0.29) is 11.3 Å². The highest BCUT2D eigenvalue weighted by Gasteiger charge is 2.33. The molecule has 0 aliphatic heterocycles. The van der Waals surface area contributed by atoms with Crippen molar-refractivity contribution >= 4 is 34.5 Å². The molecule has 0 spiro atoms. The summed E-state index contributed by atoms with van der Waals surface area (Å²) < 4.78 is 0. The van der Waals surface area contributed by atoms with E-state index >= 15 is 0 Å². The summed E-state index contributed by atoms with van der Waals surface area (Å²) in [6, 6.07) is 9.59. The number of alkyl halides is 1. The monoisotopic (exact) mass is 365 g/mol. The molecule has 0 bridgehead atoms. The quantitative estimate of drug-likeness (QED) is 0.698. The molecule has 0 saturated carbocycles. The van der Waals surface area contributed by atoms with E-state index in [4.69, 9.17) is 11.6 Å². The molecule has 1 aromatic heterocycles. The standard InChI is InChI=1S/C18H24ClN3OS/c1-5-9-14-20-21-15(24-14)12-22(13-10-7-6-8-11-13)17(23)16(19)18(2,3)4/h6-8,10-11,16H,5,9,12H2,1-4H3. The second kappa shape index (κ2) is 8.08. The molecule has 4 nitrogen and oxygen atoms in total. The SMILES string of the molecule is CCCc1nnc(CN(C(=O)C(Cl)C(C)(C)C)c2ccccc2)s1. The van der Waals surface area contributed by atoms with Crippen LogP contribution >= 0.6 is 22.9 Å². The van der Waals surface area contributed by atoms with Crippen molar-refractivity contribution < 1.29 is 4.79 Å². The number of amides is 1. The summed E-state index contributed by atoms with van der Waals surface area (Å²) in [5, 5.41) is 9.66. The summed E-state index contributed by atoms with van der Waals surface area (Å²) in [7, 11) is 0. The van der Waals surface area contributed by atoms with Crippen LogP contribution in [0.15, 0.2) is 30.3 Å². The lowest BCUT2D eigenvalue weighted by Gasteiger charge is -2.30. The smallest absolute Gasteiger partial charge is 0.245 e. The summed E-state index contributed by atoms with van der Waals surface area (Å²) in [4.78, 5) is 14.7. The van der Waals surface area contributed by atoms with Crippen LogP contribution in [0.5, 0.6) is 0 Å². The van der Waals surface area contributed by atoms with Gasteiger partial charge in [-0.25, -0.2) is 0 Å². The normalized spacial score (nSPS) is 12.9. The molecule has 1 aromatic carbocycles. The second-order valence-electron chi connectivity index (χ2n) is 6.83. The number of carbonyl (C=O) groups is 1. The van der Waals surface area contributed by atoms with Gasteiger partial charge in [-0.2, -0.15) is 0 Å². The number of anilines is 1. The predicted octanol–water partition coefficient (Wildman–Crippen LogP) is 4.68. The Morgan fingerprint density at radius 3 is 2.42 bits per heavy atom. The highest BCUT2D eigenvalue weighted by molar-refractivity contribution is 7.11. The first-order valence-electron chi connectivity index (χ1n) is 8.14. The third-order valence-corrected chi connectivity index (χ3v) is 5.39. The van der Waals surface area contributed by atoms with Gasteiger partial charge in [0.1, 0.15) is 15.4 Å². The molecule has 0 fully saturated rings. The van der Waals surface area contributed by atoms with E-state index in [1.54, 1.807) is 16.2 Å². The Hall–Kier alpha value is -1.46. The maximum absolute atomic E-state index is 13.0. The molecule has 1 atom stereocenters. The number of nitrogens with zero attached hydrogens (tertiary/aromatic N) is 3. The topological polar surface area (TPSA) is 46.1 Å². The van der Waals surface area contributed by atoms with Gasteiger partial charge in [0.05, 0.1) is 6.54 Å². The van der Waals surface area contributed by atoms with Crippen LogP contribution in [-0.2, 0) is 17.8 Å². The summed E-state index contributed by atoms with van der Waals surface area (Å²) >= 11 is 8.01. The van der Waals surface area contributed by atoms with Crippen LogP contribution in [0.1, 0.15) is 44.1 Å². The molecule has 0 aliphatic carbocycles. The Morgan fingerprint density at radius 1 is 1.21 bits per heavy atom. The number of benzene rings is 1. The highest BCUT2D eigenvalue weighted by atomic mass is 35.5. The predicted molar refractivity (Wildman–Crippen MR) is 101 cm³/mol. The highest BCUT2D eigenvalue weighted by Crippen LogP contribution is 2.29. The first kappa shape index (κ1) is 18.9. The molecule has 0 aliphatic rings. The zero-order valence-electron chi connectivity index (χ0n) is 14.6. The zero-order valence-corrected chi connectivity index (χ0v) is 16.2. The molecule has 24 heavy (non-hydrogen) atoms. The van der Waals surface area contributed by atoms with Gasteiger partial charge >= 0.3 is 0 Å².